The lowest BCUT2D eigenvalue weighted by Crippen LogP contribution is -2.53. The third-order valence-corrected chi connectivity index (χ3v) is 4.38. The molecule has 0 amide bonds. The van der Waals surface area contributed by atoms with Crippen molar-refractivity contribution in [2.75, 3.05) is 32.1 Å². The third kappa shape index (κ3) is 3.87. The standard InChI is InChI=1S/C15H23ClN2O3/c1-17(2)11-4-3-10(13(16)5-11)7-18-8-15(21)14(20)6-12(18)9-19/h3-5,12,14-15,19-21H,6-9H2,1-2H3/t12-,14?,15+/m1/s1. The van der Waals surface area contributed by atoms with Crippen LogP contribution in [-0.2, 0) is 6.54 Å². The van der Waals surface area contributed by atoms with E-state index in [9.17, 15) is 15.3 Å². The summed E-state index contributed by atoms with van der Waals surface area (Å²) in [5.41, 5.74) is 1.97. The van der Waals surface area contributed by atoms with E-state index in [0.29, 0.717) is 24.5 Å². The molecule has 3 N–H and O–H groups in total. The number of rotatable bonds is 4. The molecule has 1 aromatic carbocycles. The van der Waals surface area contributed by atoms with Crippen molar-refractivity contribution in [3.05, 3.63) is 28.8 Å². The fourth-order valence-corrected chi connectivity index (χ4v) is 2.88. The molecule has 5 nitrogen and oxygen atoms in total. The van der Waals surface area contributed by atoms with Gasteiger partial charge >= 0.3 is 0 Å². The highest BCUT2D eigenvalue weighted by Gasteiger charge is 2.33. The number of piperidine rings is 1. The molecule has 1 aromatic rings. The Balaban J connectivity index is 2.13. The fraction of sp³-hybridized carbons (Fsp3) is 0.600. The zero-order chi connectivity index (χ0) is 15.6. The molecule has 0 saturated carbocycles. The van der Waals surface area contributed by atoms with Crippen LogP contribution in [0.2, 0.25) is 5.02 Å². The number of halogens is 1. The van der Waals surface area contributed by atoms with E-state index >= 15 is 0 Å². The smallest absolute Gasteiger partial charge is 0.0926 e. The number of β-amino-alcohol motifs (C(OH)–C–C–N with tert-alkyl or cyclic N) is 1. The molecule has 21 heavy (non-hydrogen) atoms. The molecule has 1 aliphatic heterocycles. The summed E-state index contributed by atoms with van der Waals surface area (Å²) in [4.78, 5) is 3.95. The maximum absolute atomic E-state index is 9.81. The number of hydrogen-bond acceptors (Lipinski definition) is 5. The van der Waals surface area contributed by atoms with Crippen LogP contribution in [0.3, 0.4) is 0 Å². The lowest BCUT2D eigenvalue weighted by atomic mass is 9.97. The van der Waals surface area contributed by atoms with Crippen molar-refractivity contribution < 1.29 is 15.3 Å². The molecule has 1 fully saturated rings. The van der Waals surface area contributed by atoms with Gasteiger partial charge in [0, 0.05) is 43.9 Å². The van der Waals surface area contributed by atoms with E-state index in [2.05, 4.69) is 0 Å². The fourth-order valence-electron chi connectivity index (χ4n) is 2.64. The number of anilines is 1. The monoisotopic (exact) mass is 314 g/mol. The highest BCUT2D eigenvalue weighted by molar-refractivity contribution is 6.31. The Kier molecular flexibility index (Phi) is 5.46. The molecule has 0 aromatic heterocycles. The highest BCUT2D eigenvalue weighted by atomic mass is 35.5. The van der Waals surface area contributed by atoms with Gasteiger partial charge in [0.2, 0.25) is 0 Å². The Morgan fingerprint density at radius 3 is 2.57 bits per heavy atom. The normalized spacial score (nSPS) is 26.9. The van der Waals surface area contributed by atoms with E-state index in [4.69, 9.17) is 11.6 Å². The molecule has 118 valence electrons. The quantitative estimate of drug-likeness (QED) is 0.763. The van der Waals surface area contributed by atoms with Crippen LogP contribution in [0.25, 0.3) is 0 Å². The van der Waals surface area contributed by atoms with Crippen molar-refractivity contribution in [1.29, 1.82) is 0 Å². The van der Waals surface area contributed by atoms with Gasteiger partial charge in [-0.2, -0.15) is 0 Å². The van der Waals surface area contributed by atoms with Gasteiger partial charge in [-0.25, -0.2) is 0 Å². The molecule has 0 aliphatic carbocycles. The lowest BCUT2D eigenvalue weighted by molar-refractivity contribution is -0.0735. The molecular formula is C15H23ClN2O3. The van der Waals surface area contributed by atoms with Crippen LogP contribution < -0.4 is 4.90 Å². The van der Waals surface area contributed by atoms with E-state index in [1.165, 1.54) is 0 Å². The zero-order valence-corrected chi connectivity index (χ0v) is 13.2. The van der Waals surface area contributed by atoms with E-state index < -0.39 is 12.2 Å². The van der Waals surface area contributed by atoms with Gasteiger partial charge in [-0.3, -0.25) is 4.90 Å². The summed E-state index contributed by atoms with van der Waals surface area (Å²) in [6.07, 6.45) is -1.19. The van der Waals surface area contributed by atoms with Gasteiger partial charge in [-0.05, 0) is 24.1 Å². The SMILES string of the molecule is CN(C)c1ccc(CN2C[C@H](O)C(O)C[C@@H]2CO)c(Cl)c1. The van der Waals surface area contributed by atoms with Gasteiger partial charge in [-0.15, -0.1) is 0 Å². The topological polar surface area (TPSA) is 67.2 Å². The molecule has 0 spiro atoms. The predicted octanol–water partition coefficient (Wildman–Crippen LogP) is 0.694. The minimum Gasteiger partial charge on any atom is -0.395 e. The molecular weight excluding hydrogens is 292 g/mol. The summed E-state index contributed by atoms with van der Waals surface area (Å²) in [5.74, 6) is 0. The van der Waals surface area contributed by atoms with E-state index in [0.717, 1.165) is 11.3 Å². The van der Waals surface area contributed by atoms with Gasteiger partial charge in [-0.1, -0.05) is 17.7 Å². The van der Waals surface area contributed by atoms with Gasteiger partial charge < -0.3 is 20.2 Å². The summed E-state index contributed by atoms with van der Waals surface area (Å²) in [5, 5.41) is 29.6. The maximum atomic E-state index is 9.81. The minimum absolute atomic E-state index is 0.0445. The van der Waals surface area contributed by atoms with E-state index in [1.807, 2.05) is 42.1 Å². The molecule has 1 heterocycles. The summed E-state index contributed by atoms with van der Waals surface area (Å²) in [6, 6.07) is 5.70. The molecule has 0 radical (unpaired) electrons. The average Bonchev–Trinajstić information content (AvgIpc) is 2.44. The Morgan fingerprint density at radius 2 is 2.00 bits per heavy atom. The van der Waals surface area contributed by atoms with Gasteiger partial charge in [0.25, 0.3) is 0 Å². The number of aliphatic hydroxyl groups excluding tert-OH is 3. The molecule has 1 saturated heterocycles. The van der Waals surface area contributed by atoms with Crippen molar-refractivity contribution >= 4 is 17.3 Å². The van der Waals surface area contributed by atoms with Crippen LogP contribution in [0.1, 0.15) is 12.0 Å². The zero-order valence-electron chi connectivity index (χ0n) is 12.4. The van der Waals surface area contributed by atoms with Crippen LogP contribution in [0, 0.1) is 0 Å². The molecule has 3 atom stereocenters. The summed E-state index contributed by atoms with van der Waals surface area (Å²) >= 11 is 6.32. The summed E-state index contributed by atoms with van der Waals surface area (Å²) in [7, 11) is 3.91. The Morgan fingerprint density at radius 1 is 1.29 bits per heavy atom. The van der Waals surface area contributed by atoms with Gasteiger partial charge in [0.1, 0.15) is 0 Å². The molecule has 1 unspecified atom stereocenters. The third-order valence-electron chi connectivity index (χ3n) is 4.03. The van der Waals surface area contributed by atoms with Gasteiger partial charge in [0.05, 0.1) is 18.8 Å². The number of hydrogen-bond donors (Lipinski definition) is 3. The van der Waals surface area contributed by atoms with Crippen LogP contribution in [0.5, 0.6) is 0 Å². The largest absolute Gasteiger partial charge is 0.395 e. The summed E-state index contributed by atoms with van der Waals surface area (Å²) in [6.45, 7) is 0.830. The minimum atomic E-state index is -0.785. The van der Waals surface area contributed by atoms with Crippen LogP contribution in [-0.4, -0.2) is 65.7 Å². The second-order valence-electron chi connectivity index (χ2n) is 5.81. The summed E-state index contributed by atoms with van der Waals surface area (Å²) < 4.78 is 0. The number of likely N-dealkylation sites (tertiary alicyclic amines) is 1. The number of aliphatic hydroxyl groups is 3. The van der Waals surface area contributed by atoms with Crippen molar-refractivity contribution in [2.45, 2.75) is 31.2 Å². The first-order valence-corrected chi connectivity index (χ1v) is 7.47. The first-order chi connectivity index (χ1) is 9.92. The Hall–Kier alpha value is -0.850. The average molecular weight is 315 g/mol. The molecule has 2 rings (SSSR count). The van der Waals surface area contributed by atoms with Crippen LogP contribution in [0.15, 0.2) is 18.2 Å². The van der Waals surface area contributed by atoms with Gasteiger partial charge in [0.15, 0.2) is 0 Å². The first kappa shape index (κ1) is 16.5. The van der Waals surface area contributed by atoms with Crippen LogP contribution >= 0.6 is 11.6 Å². The molecule has 0 bridgehead atoms. The van der Waals surface area contributed by atoms with Crippen molar-refractivity contribution in [3.63, 3.8) is 0 Å². The molecule has 6 heteroatoms. The highest BCUT2D eigenvalue weighted by Crippen LogP contribution is 2.26. The second kappa shape index (κ2) is 6.94. The van der Waals surface area contributed by atoms with E-state index in [1.54, 1.807) is 0 Å². The second-order valence-corrected chi connectivity index (χ2v) is 6.21. The van der Waals surface area contributed by atoms with Crippen molar-refractivity contribution in [3.8, 4) is 0 Å². The predicted molar refractivity (Wildman–Crippen MR) is 83.7 cm³/mol. The van der Waals surface area contributed by atoms with E-state index in [-0.39, 0.29) is 12.6 Å². The van der Waals surface area contributed by atoms with Crippen molar-refractivity contribution in [2.24, 2.45) is 0 Å². The lowest BCUT2D eigenvalue weighted by Gasteiger charge is -2.39. The maximum Gasteiger partial charge on any atom is 0.0926 e. The Bertz CT molecular complexity index is 484. The number of nitrogens with zero attached hydrogens (tertiary/aromatic N) is 2. The number of benzene rings is 1. The Labute approximate surface area is 130 Å². The first-order valence-electron chi connectivity index (χ1n) is 7.09. The van der Waals surface area contributed by atoms with Crippen LogP contribution in [0.4, 0.5) is 5.69 Å². The molecule has 1 aliphatic rings. The van der Waals surface area contributed by atoms with Crippen molar-refractivity contribution in [1.82, 2.24) is 4.90 Å².